The molecule has 0 spiro atoms. The number of halogens is 1. The Labute approximate surface area is 210 Å². The van der Waals surface area contributed by atoms with Crippen LogP contribution < -0.4 is 15.4 Å². The van der Waals surface area contributed by atoms with Crippen LogP contribution in [0.25, 0.3) is 0 Å². The number of carbonyl (C=O) groups is 3. The van der Waals surface area contributed by atoms with Gasteiger partial charge in [-0.1, -0.05) is 37.8 Å². The van der Waals surface area contributed by atoms with Crippen molar-refractivity contribution in [1.82, 2.24) is 20.0 Å². The van der Waals surface area contributed by atoms with Crippen LogP contribution in [-0.2, 0) is 11.3 Å². The van der Waals surface area contributed by atoms with E-state index in [9.17, 15) is 14.4 Å². The van der Waals surface area contributed by atoms with Gasteiger partial charge in [0.25, 0.3) is 11.8 Å². The van der Waals surface area contributed by atoms with Gasteiger partial charge in [-0.05, 0) is 44.4 Å². The number of aromatic nitrogens is 2. The molecule has 188 valence electrons. The fourth-order valence-corrected chi connectivity index (χ4v) is 4.97. The average molecular weight is 502 g/mol. The molecule has 10 heteroatoms. The lowest BCUT2D eigenvalue weighted by Gasteiger charge is -2.43. The molecule has 2 aliphatic rings. The molecule has 1 saturated carbocycles. The molecular formula is C25H32ClN5O4. The third-order valence-corrected chi connectivity index (χ3v) is 7.09. The van der Waals surface area contributed by atoms with Crippen molar-refractivity contribution in [3.8, 4) is 5.75 Å². The molecule has 9 nitrogen and oxygen atoms in total. The number of nitrogens with zero attached hydrogens (tertiary/aromatic N) is 3. The van der Waals surface area contributed by atoms with Gasteiger partial charge in [0.05, 0.1) is 19.3 Å². The molecule has 3 amide bonds. The Balaban J connectivity index is 1.61. The molecule has 1 aliphatic heterocycles. The van der Waals surface area contributed by atoms with Crippen molar-refractivity contribution >= 4 is 35.0 Å². The highest BCUT2D eigenvalue weighted by molar-refractivity contribution is 6.31. The van der Waals surface area contributed by atoms with E-state index in [1.807, 2.05) is 6.92 Å². The zero-order chi connectivity index (χ0) is 25.2. The summed E-state index contributed by atoms with van der Waals surface area (Å²) in [5.74, 6) is -0.535. The second-order valence-corrected chi connectivity index (χ2v) is 9.85. The van der Waals surface area contributed by atoms with Gasteiger partial charge in [-0.25, -0.2) is 0 Å². The first-order valence-electron chi connectivity index (χ1n) is 12.1. The van der Waals surface area contributed by atoms with Gasteiger partial charge >= 0.3 is 0 Å². The minimum absolute atomic E-state index is 0.0753. The zero-order valence-electron chi connectivity index (χ0n) is 20.4. The Hall–Kier alpha value is -3.07. The van der Waals surface area contributed by atoms with Crippen LogP contribution in [-0.4, -0.2) is 57.6 Å². The number of amides is 3. The highest BCUT2D eigenvalue weighted by Crippen LogP contribution is 2.31. The van der Waals surface area contributed by atoms with Gasteiger partial charge in [-0.2, -0.15) is 5.10 Å². The van der Waals surface area contributed by atoms with Gasteiger partial charge in [0.2, 0.25) is 5.91 Å². The molecule has 1 aliphatic carbocycles. The summed E-state index contributed by atoms with van der Waals surface area (Å²) in [4.78, 5) is 41.6. The number of unbranched alkanes of at least 4 members (excludes halogenated alkanes) is 1. The van der Waals surface area contributed by atoms with Crippen LogP contribution in [0.5, 0.6) is 5.75 Å². The predicted molar refractivity (Wildman–Crippen MR) is 133 cm³/mol. The molecular weight excluding hydrogens is 470 g/mol. The Bertz CT molecular complexity index is 1130. The highest BCUT2D eigenvalue weighted by Gasteiger charge is 2.48. The van der Waals surface area contributed by atoms with E-state index >= 15 is 0 Å². The van der Waals surface area contributed by atoms with Crippen LogP contribution in [0.4, 0.5) is 5.69 Å². The van der Waals surface area contributed by atoms with Crippen molar-refractivity contribution < 1.29 is 19.1 Å². The number of hydrogen-bond acceptors (Lipinski definition) is 5. The molecule has 0 unspecified atom stereocenters. The first kappa shape index (κ1) is 25.0. The van der Waals surface area contributed by atoms with Crippen LogP contribution in [0, 0.1) is 0 Å². The van der Waals surface area contributed by atoms with Crippen LogP contribution >= 0.6 is 11.6 Å². The molecule has 0 radical (unpaired) electrons. The Morgan fingerprint density at radius 3 is 2.69 bits per heavy atom. The number of ether oxygens (including phenoxy) is 1. The molecule has 2 aromatic rings. The summed E-state index contributed by atoms with van der Waals surface area (Å²) in [5.41, 5.74) is -0.341. The SMILES string of the molecule is CCCCN1C(=O)c2cc(C(=O)Nc3cc(Cl)ccc3OC)nn2C[C@@]1(C)C(=O)NC1CCCC1. The number of rotatable bonds is 8. The van der Waals surface area contributed by atoms with Crippen LogP contribution in [0.1, 0.15) is 73.3 Å². The van der Waals surface area contributed by atoms with E-state index < -0.39 is 11.4 Å². The lowest BCUT2D eigenvalue weighted by Crippen LogP contribution is -2.65. The van der Waals surface area contributed by atoms with Crippen molar-refractivity contribution in [2.45, 2.75) is 70.5 Å². The topological polar surface area (TPSA) is 106 Å². The zero-order valence-corrected chi connectivity index (χ0v) is 21.2. The first-order chi connectivity index (χ1) is 16.8. The van der Waals surface area contributed by atoms with Crippen molar-refractivity contribution in [3.63, 3.8) is 0 Å². The van der Waals surface area contributed by atoms with E-state index in [0.717, 1.165) is 38.5 Å². The van der Waals surface area contributed by atoms with Crippen LogP contribution in [0.2, 0.25) is 5.02 Å². The predicted octanol–water partition coefficient (Wildman–Crippen LogP) is 3.87. The third kappa shape index (κ3) is 5.00. The smallest absolute Gasteiger partial charge is 0.276 e. The third-order valence-electron chi connectivity index (χ3n) is 6.85. The van der Waals surface area contributed by atoms with Gasteiger partial charge in [-0.3, -0.25) is 19.1 Å². The van der Waals surface area contributed by atoms with Crippen molar-refractivity contribution in [2.75, 3.05) is 19.0 Å². The Kier molecular flexibility index (Phi) is 7.35. The summed E-state index contributed by atoms with van der Waals surface area (Å²) in [6.45, 7) is 4.45. The summed E-state index contributed by atoms with van der Waals surface area (Å²) >= 11 is 6.07. The van der Waals surface area contributed by atoms with Crippen molar-refractivity contribution in [2.24, 2.45) is 0 Å². The second-order valence-electron chi connectivity index (χ2n) is 9.41. The number of anilines is 1. The minimum Gasteiger partial charge on any atom is -0.495 e. The number of methoxy groups -OCH3 is 1. The molecule has 1 fully saturated rings. The molecule has 1 aromatic carbocycles. The van der Waals surface area contributed by atoms with Crippen molar-refractivity contribution in [3.05, 3.63) is 40.7 Å². The average Bonchev–Trinajstić information content (AvgIpc) is 3.49. The number of benzene rings is 1. The first-order valence-corrected chi connectivity index (χ1v) is 12.5. The summed E-state index contributed by atoms with van der Waals surface area (Å²) in [7, 11) is 1.50. The number of hydrogen-bond donors (Lipinski definition) is 2. The molecule has 2 N–H and O–H groups in total. The second kappa shape index (κ2) is 10.3. The van der Waals surface area contributed by atoms with Crippen molar-refractivity contribution in [1.29, 1.82) is 0 Å². The molecule has 0 saturated heterocycles. The standard InChI is InChI=1S/C25H32ClN5O4/c1-4-5-12-30-23(33)20-14-19(22(32)28-18-13-16(26)10-11-21(18)35-3)29-31(20)15-25(30,2)24(34)27-17-8-6-7-9-17/h10-11,13-14,17H,4-9,12,15H2,1-3H3,(H,27,34)(H,28,32)/t25-/m0/s1. The van der Waals surface area contributed by atoms with Gasteiger partial charge in [0, 0.05) is 23.7 Å². The molecule has 35 heavy (non-hydrogen) atoms. The Morgan fingerprint density at radius 1 is 1.26 bits per heavy atom. The van der Waals surface area contributed by atoms with E-state index in [-0.39, 0.29) is 35.8 Å². The van der Waals surface area contributed by atoms with E-state index in [1.165, 1.54) is 17.9 Å². The maximum Gasteiger partial charge on any atom is 0.276 e. The maximum absolute atomic E-state index is 13.5. The van der Waals surface area contributed by atoms with Crippen LogP contribution in [0.15, 0.2) is 24.3 Å². The minimum atomic E-state index is -1.10. The lowest BCUT2D eigenvalue weighted by atomic mass is 9.94. The maximum atomic E-state index is 13.5. The quantitative estimate of drug-likeness (QED) is 0.571. The van der Waals surface area contributed by atoms with Gasteiger partial charge in [-0.15, -0.1) is 0 Å². The molecule has 1 aromatic heterocycles. The Morgan fingerprint density at radius 2 is 2.00 bits per heavy atom. The number of fused-ring (bicyclic) bond motifs is 1. The monoisotopic (exact) mass is 501 g/mol. The van der Waals surface area contributed by atoms with E-state index in [1.54, 1.807) is 30.0 Å². The largest absolute Gasteiger partial charge is 0.495 e. The van der Waals surface area contributed by atoms with E-state index in [0.29, 0.717) is 23.0 Å². The van der Waals surface area contributed by atoms with E-state index in [2.05, 4.69) is 15.7 Å². The highest BCUT2D eigenvalue weighted by atomic mass is 35.5. The summed E-state index contributed by atoms with van der Waals surface area (Å²) < 4.78 is 6.77. The fourth-order valence-electron chi connectivity index (χ4n) is 4.79. The summed E-state index contributed by atoms with van der Waals surface area (Å²) in [6.07, 6.45) is 5.76. The summed E-state index contributed by atoms with van der Waals surface area (Å²) in [6, 6.07) is 6.50. The molecule has 2 heterocycles. The number of carbonyl (C=O) groups excluding carboxylic acids is 3. The molecule has 0 bridgehead atoms. The van der Waals surface area contributed by atoms with Crippen LogP contribution in [0.3, 0.4) is 0 Å². The summed E-state index contributed by atoms with van der Waals surface area (Å²) in [5, 5.41) is 10.7. The normalized spacial score (nSPS) is 20.0. The molecule has 1 atom stereocenters. The van der Waals surface area contributed by atoms with Gasteiger partial charge in [0.15, 0.2) is 5.69 Å². The van der Waals surface area contributed by atoms with E-state index in [4.69, 9.17) is 16.3 Å². The lowest BCUT2D eigenvalue weighted by molar-refractivity contribution is -0.133. The fraction of sp³-hybridized carbons (Fsp3) is 0.520. The number of nitrogens with one attached hydrogen (secondary N) is 2. The molecule has 4 rings (SSSR count). The van der Waals surface area contributed by atoms with Gasteiger partial charge < -0.3 is 20.3 Å². The van der Waals surface area contributed by atoms with Gasteiger partial charge in [0.1, 0.15) is 17.0 Å².